The fourth-order valence-electron chi connectivity index (χ4n) is 2.07. The third kappa shape index (κ3) is 5.69. The van der Waals surface area contributed by atoms with Crippen molar-refractivity contribution in [1.29, 1.82) is 0 Å². The molecule has 0 aliphatic carbocycles. The van der Waals surface area contributed by atoms with E-state index in [0.717, 1.165) is 0 Å². The van der Waals surface area contributed by atoms with Crippen molar-refractivity contribution in [3.8, 4) is 11.5 Å². The topological polar surface area (TPSA) is 134 Å². The number of ether oxygens (including phenoxy) is 3. The molecule has 2 rings (SSSR count). The van der Waals surface area contributed by atoms with Gasteiger partial charge in [-0.15, -0.1) is 0 Å². The van der Waals surface area contributed by atoms with Gasteiger partial charge >= 0.3 is 5.97 Å². The van der Waals surface area contributed by atoms with Gasteiger partial charge in [0, 0.05) is 23.9 Å². The predicted octanol–water partition coefficient (Wildman–Crippen LogP) is 1.15. The van der Waals surface area contributed by atoms with Gasteiger partial charge in [0.15, 0.2) is 6.61 Å². The third-order valence-corrected chi connectivity index (χ3v) is 4.32. The van der Waals surface area contributed by atoms with Crippen LogP contribution in [0.4, 0.5) is 5.69 Å². The summed E-state index contributed by atoms with van der Waals surface area (Å²) in [6.45, 7) is -0.532. The summed E-state index contributed by atoms with van der Waals surface area (Å²) >= 11 is 0. The van der Waals surface area contributed by atoms with E-state index in [4.69, 9.17) is 19.3 Å². The first kappa shape index (κ1) is 20.2. The Labute approximate surface area is 156 Å². The number of nitrogens with one attached hydrogen (secondary N) is 1. The van der Waals surface area contributed by atoms with Gasteiger partial charge in [-0.1, -0.05) is 0 Å². The number of rotatable bonds is 7. The van der Waals surface area contributed by atoms with E-state index in [2.05, 4.69) is 5.32 Å². The van der Waals surface area contributed by atoms with E-state index in [9.17, 15) is 18.0 Å². The SMILES string of the molecule is COc1cc(NC(=O)COC(=O)c2ccc(S(N)(=O)=O)cc2)cc(OC)c1. The Bertz CT molecular complexity index is 918. The van der Waals surface area contributed by atoms with Crippen LogP contribution in [0, 0.1) is 0 Å². The molecule has 0 aliphatic heterocycles. The maximum absolute atomic E-state index is 12.0. The molecule has 144 valence electrons. The number of amides is 1. The molecule has 0 radical (unpaired) electrons. The minimum absolute atomic E-state index is 0.0817. The third-order valence-electron chi connectivity index (χ3n) is 3.39. The number of benzene rings is 2. The van der Waals surface area contributed by atoms with Gasteiger partial charge in [-0.2, -0.15) is 0 Å². The van der Waals surface area contributed by atoms with E-state index >= 15 is 0 Å². The zero-order valence-electron chi connectivity index (χ0n) is 14.6. The van der Waals surface area contributed by atoms with Crippen molar-refractivity contribution in [2.45, 2.75) is 4.90 Å². The zero-order valence-corrected chi connectivity index (χ0v) is 15.4. The summed E-state index contributed by atoms with van der Waals surface area (Å²) in [6, 6.07) is 9.63. The molecule has 0 atom stereocenters. The number of primary sulfonamides is 1. The summed E-state index contributed by atoms with van der Waals surface area (Å²) < 4.78 is 37.5. The second kappa shape index (κ2) is 8.52. The Balaban J connectivity index is 1.96. The molecule has 27 heavy (non-hydrogen) atoms. The quantitative estimate of drug-likeness (QED) is 0.673. The molecule has 10 heteroatoms. The van der Waals surface area contributed by atoms with E-state index in [1.165, 1.54) is 38.5 Å². The predicted molar refractivity (Wildman–Crippen MR) is 96.3 cm³/mol. The number of hydrogen-bond donors (Lipinski definition) is 2. The van der Waals surface area contributed by atoms with Crippen LogP contribution in [0.3, 0.4) is 0 Å². The highest BCUT2D eigenvalue weighted by Gasteiger charge is 2.13. The summed E-state index contributed by atoms with van der Waals surface area (Å²) in [4.78, 5) is 23.8. The normalized spacial score (nSPS) is 10.8. The highest BCUT2D eigenvalue weighted by Crippen LogP contribution is 2.25. The Morgan fingerprint density at radius 1 is 1.00 bits per heavy atom. The molecule has 0 spiro atoms. The van der Waals surface area contributed by atoms with Crippen molar-refractivity contribution in [2.24, 2.45) is 5.14 Å². The summed E-state index contributed by atoms with van der Waals surface area (Å²) in [5, 5.41) is 7.54. The second-order valence-electron chi connectivity index (χ2n) is 5.30. The van der Waals surface area contributed by atoms with Gasteiger partial charge in [0.1, 0.15) is 11.5 Å². The average Bonchev–Trinajstić information content (AvgIpc) is 2.65. The number of anilines is 1. The van der Waals surface area contributed by atoms with Crippen LogP contribution in [-0.2, 0) is 19.6 Å². The number of carbonyl (C=O) groups excluding carboxylic acids is 2. The maximum Gasteiger partial charge on any atom is 0.338 e. The van der Waals surface area contributed by atoms with Crippen molar-refractivity contribution < 1.29 is 32.2 Å². The number of methoxy groups -OCH3 is 2. The lowest BCUT2D eigenvalue weighted by Crippen LogP contribution is -2.21. The molecule has 0 saturated heterocycles. The molecule has 0 unspecified atom stereocenters. The van der Waals surface area contributed by atoms with Gasteiger partial charge in [0.05, 0.1) is 24.7 Å². The van der Waals surface area contributed by atoms with Crippen molar-refractivity contribution in [3.05, 3.63) is 48.0 Å². The minimum Gasteiger partial charge on any atom is -0.497 e. The van der Waals surface area contributed by atoms with E-state index in [1.54, 1.807) is 18.2 Å². The van der Waals surface area contributed by atoms with Crippen molar-refractivity contribution >= 4 is 27.6 Å². The van der Waals surface area contributed by atoms with Gasteiger partial charge in [-0.3, -0.25) is 4.79 Å². The number of carbonyl (C=O) groups is 2. The largest absolute Gasteiger partial charge is 0.497 e. The molecule has 1 amide bonds. The van der Waals surface area contributed by atoms with Gasteiger partial charge in [-0.05, 0) is 24.3 Å². The molecule has 9 nitrogen and oxygen atoms in total. The lowest BCUT2D eigenvalue weighted by atomic mass is 10.2. The summed E-state index contributed by atoms with van der Waals surface area (Å²) in [7, 11) is -0.903. The first-order valence-corrected chi connectivity index (χ1v) is 9.10. The molecule has 0 bridgehead atoms. The molecule has 3 N–H and O–H groups in total. The maximum atomic E-state index is 12.0. The Morgan fingerprint density at radius 3 is 2.04 bits per heavy atom. The molecule has 0 saturated carbocycles. The van der Waals surface area contributed by atoms with Crippen LogP contribution in [0.5, 0.6) is 11.5 Å². The van der Waals surface area contributed by atoms with Gasteiger partial charge in [0.25, 0.3) is 5.91 Å². The first-order valence-electron chi connectivity index (χ1n) is 7.56. The molecule has 0 fully saturated rings. The fourth-order valence-corrected chi connectivity index (χ4v) is 2.59. The molecule has 0 aromatic heterocycles. The zero-order chi connectivity index (χ0) is 20.0. The monoisotopic (exact) mass is 394 g/mol. The van der Waals surface area contributed by atoms with Crippen molar-refractivity contribution in [1.82, 2.24) is 0 Å². The van der Waals surface area contributed by atoms with E-state index in [1.807, 2.05) is 0 Å². The Kier molecular flexibility index (Phi) is 6.37. The molecular formula is C17H18N2O7S. The van der Waals surface area contributed by atoms with Crippen LogP contribution < -0.4 is 19.9 Å². The van der Waals surface area contributed by atoms with Crippen molar-refractivity contribution in [2.75, 3.05) is 26.1 Å². The van der Waals surface area contributed by atoms with Crippen LogP contribution in [-0.4, -0.2) is 41.1 Å². The Morgan fingerprint density at radius 2 is 1.56 bits per heavy atom. The van der Waals surface area contributed by atoms with Crippen LogP contribution in [0.1, 0.15) is 10.4 Å². The van der Waals surface area contributed by atoms with E-state index in [0.29, 0.717) is 17.2 Å². The molecule has 2 aromatic carbocycles. The highest BCUT2D eigenvalue weighted by atomic mass is 32.2. The van der Waals surface area contributed by atoms with Crippen molar-refractivity contribution in [3.63, 3.8) is 0 Å². The van der Waals surface area contributed by atoms with Gasteiger partial charge in [0.2, 0.25) is 10.0 Å². The second-order valence-corrected chi connectivity index (χ2v) is 6.86. The number of sulfonamides is 1. The lowest BCUT2D eigenvalue weighted by molar-refractivity contribution is -0.119. The number of esters is 1. The molecule has 0 heterocycles. The summed E-state index contributed by atoms with van der Waals surface area (Å²) in [5.41, 5.74) is 0.489. The standard InChI is InChI=1S/C17H18N2O7S/c1-24-13-7-12(8-14(9-13)25-2)19-16(20)10-26-17(21)11-3-5-15(6-4-11)27(18,22)23/h3-9H,10H2,1-2H3,(H,19,20)(H2,18,22,23). The molecule has 2 aromatic rings. The van der Waals surface area contributed by atoms with Gasteiger partial charge < -0.3 is 19.5 Å². The first-order chi connectivity index (χ1) is 12.7. The average molecular weight is 394 g/mol. The van der Waals surface area contributed by atoms with Crippen LogP contribution in [0.25, 0.3) is 0 Å². The lowest BCUT2D eigenvalue weighted by Gasteiger charge is -2.10. The van der Waals surface area contributed by atoms with E-state index < -0.39 is 28.5 Å². The molecule has 0 aliphatic rings. The molecular weight excluding hydrogens is 376 g/mol. The van der Waals surface area contributed by atoms with Crippen LogP contribution in [0.15, 0.2) is 47.4 Å². The van der Waals surface area contributed by atoms with Crippen LogP contribution >= 0.6 is 0 Å². The summed E-state index contributed by atoms with van der Waals surface area (Å²) in [6.07, 6.45) is 0. The minimum atomic E-state index is -3.85. The highest BCUT2D eigenvalue weighted by molar-refractivity contribution is 7.89. The fraction of sp³-hybridized carbons (Fsp3) is 0.176. The number of hydrogen-bond acceptors (Lipinski definition) is 7. The smallest absolute Gasteiger partial charge is 0.338 e. The van der Waals surface area contributed by atoms with E-state index in [-0.39, 0.29) is 10.5 Å². The number of nitrogens with two attached hydrogens (primary N) is 1. The summed E-state index contributed by atoms with van der Waals surface area (Å²) in [5.74, 6) is -0.387. The van der Waals surface area contributed by atoms with Crippen LogP contribution in [0.2, 0.25) is 0 Å². The van der Waals surface area contributed by atoms with Gasteiger partial charge in [-0.25, -0.2) is 18.4 Å². The Hall–Kier alpha value is -3.11.